The average molecular weight is 368 g/mol. The standard InChI is InChI=1S/C19H20N4O4/c1-12(2)21-17(24)10-23-14-9-13(6-7-15(14)27-11-18(23)25)19(26)22-16-5-3-4-8-20-16/h3-9,12H,10-11H2,1-2H3,(H,21,24)(H,20,22,26). The second kappa shape index (κ2) is 7.86. The van der Waals surface area contributed by atoms with Gasteiger partial charge < -0.3 is 15.4 Å². The van der Waals surface area contributed by atoms with Crippen LogP contribution in [0.4, 0.5) is 11.5 Å². The first-order valence-corrected chi connectivity index (χ1v) is 8.53. The van der Waals surface area contributed by atoms with Crippen molar-refractivity contribution in [3.63, 3.8) is 0 Å². The smallest absolute Gasteiger partial charge is 0.265 e. The fourth-order valence-electron chi connectivity index (χ4n) is 2.65. The summed E-state index contributed by atoms with van der Waals surface area (Å²) < 4.78 is 5.41. The normalized spacial score (nSPS) is 13.0. The number of nitrogens with one attached hydrogen (secondary N) is 2. The lowest BCUT2D eigenvalue weighted by Crippen LogP contribution is -2.46. The van der Waals surface area contributed by atoms with Gasteiger partial charge in [0.2, 0.25) is 5.91 Å². The van der Waals surface area contributed by atoms with Gasteiger partial charge in [-0.15, -0.1) is 0 Å². The quantitative estimate of drug-likeness (QED) is 0.835. The minimum absolute atomic E-state index is 0.0383. The number of hydrogen-bond acceptors (Lipinski definition) is 5. The van der Waals surface area contributed by atoms with E-state index in [1.807, 2.05) is 13.8 Å². The van der Waals surface area contributed by atoms with Crippen molar-refractivity contribution < 1.29 is 19.1 Å². The number of hydrogen-bond donors (Lipinski definition) is 2. The summed E-state index contributed by atoms with van der Waals surface area (Å²) >= 11 is 0. The van der Waals surface area contributed by atoms with E-state index in [9.17, 15) is 14.4 Å². The number of nitrogens with zero attached hydrogens (tertiary/aromatic N) is 2. The van der Waals surface area contributed by atoms with Gasteiger partial charge in [0.25, 0.3) is 11.8 Å². The molecule has 8 heteroatoms. The van der Waals surface area contributed by atoms with Crippen LogP contribution in [-0.2, 0) is 9.59 Å². The number of carbonyl (C=O) groups excluding carboxylic acids is 3. The van der Waals surface area contributed by atoms with E-state index in [4.69, 9.17) is 4.74 Å². The van der Waals surface area contributed by atoms with Crippen LogP contribution in [0.15, 0.2) is 42.6 Å². The van der Waals surface area contributed by atoms with Crippen molar-refractivity contribution in [1.29, 1.82) is 0 Å². The number of carbonyl (C=O) groups is 3. The lowest BCUT2D eigenvalue weighted by atomic mass is 10.1. The van der Waals surface area contributed by atoms with Gasteiger partial charge in [-0.3, -0.25) is 19.3 Å². The Morgan fingerprint density at radius 2 is 2.07 bits per heavy atom. The molecule has 2 heterocycles. The molecule has 0 radical (unpaired) electrons. The van der Waals surface area contributed by atoms with Crippen LogP contribution in [0.3, 0.4) is 0 Å². The van der Waals surface area contributed by atoms with E-state index in [2.05, 4.69) is 15.6 Å². The van der Waals surface area contributed by atoms with Crippen molar-refractivity contribution in [2.24, 2.45) is 0 Å². The van der Waals surface area contributed by atoms with Crippen LogP contribution in [0, 0.1) is 0 Å². The molecule has 0 bridgehead atoms. The second-order valence-electron chi connectivity index (χ2n) is 6.34. The Bertz CT molecular complexity index is 867. The Hall–Kier alpha value is -3.42. The number of pyridine rings is 1. The Morgan fingerprint density at radius 1 is 1.26 bits per heavy atom. The first-order valence-electron chi connectivity index (χ1n) is 8.53. The number of benzene rings is 1. The van der Waals surface area contributed by atoms with Gasteiger partial charge in [-0.25, -0.2) is 4.98 Å². The molecule has 3 rings (SSSR count). The molecule has 1 aliphatic rings. The van der Waals surface area contributed by atoms with Gasteiger partial charge in [0, 0.05) is 17.8 Å². The van der Waals surface area contributed by atoms with Gasteiger partial charge >= 0.3 is 0 Å². The van der Waals surface area contributed by atoms with Crippen LogP contribution in [-0.4, -0.2) is 41.9 Å². The maximum Gasteiger partial charge on any atom is 0.265 e. The predicted molar refractivity (Wildman–Crippen MR) is 99.8 cm³/mol. The Morgan fingerprint density at radius 3 is 2.78 bits per heavy atom. The molecule has 1 aromatic carbocycles. The fourth-order valence-corrected chi connectivity index (χ4v) is 2.65. The third kappa shape index (κ3) is 4.41. The maximum absolute atomic E-state index is 12.5. The van der Waals surface area contributed by atoms with Gasteiger partial charge in [0.1, 0.15) is 18.1 Å². The topological polar surface area (TPSA) is 101 Å². The highest BCUT2D eigenvalue weighted by molar-refractivity contribution is 6.07. The number of aromatic nitrogens is 1. The lowest BCUT2D eigenvalue weighted by Gasteiger charge is -2.29. The van der Waals surface area contributed by atoms with E-state index >= 15 is 0 Å². The van der Waals surface area contributed by atoms with Crippen molar-refractivity contribution in [3.05, 3.63) is 48.2 Å². The van der Waals surface area contributed by atoms with Crippen LogP contribution in [0.1, 0.15) is 24.2 Å². The van der Waals surface area contributed by atoms with Gasteiger partial charge in [0.15, 0.2) is 6.61 Å². The highest BCUT2D eigenvalue weighted by atomic mass is 16.5. The zero-order valence-corrected chi connectivity index (χ0v) is 15.1. The Kier molecular flexibility index (Phi) is 5.35. The molecular weight excluding hydrogens is 348 g/mol. The van der Waals surface area contributed by atoms with E-state index in [1.54, 1.807) is 36.5 Å². The molecule has 3 amide bonds. The van der Waals surface area contributed by atoms with E-state index in [0.717, 1.165) is 0 Å². The lowest BCUT2D eigenvalue weighted by molar-refractivity contribution is -0.125. The SMILES string of the molecule is CC(C)NC(=O)CN1C(=O)COc2ccc(C(=O)Nc3ccccn3)cc21. The molecule has 0 saturated carbocycles. The number of anilines is 2. The molecular formula is C19H20N4O4. The molecule has 1 aliphatic heterocycles. The summed E-state index contributed by atoms with van der Waals surface area (Å²) in [5, 5.41) is 5.43. The first kappa shape index (κ1) is 18.4. The van der Waals surface area contributed by atoms with Crippen LogP contribution in [0.5, 0.6) is 5.75 Å². The summed E-state index contributed by atoms with van der Waals surface area (Å²) in [5.74, 6) is -0.138. The van der Waals surface area contributed by atoms with Gasteiger partial charge in [0.05, 0.1) is 5.69 Å². The van der Waals surface area contributed by atoms with Crippen molar-refractivity contribution in [2.45, 2.75) is 19.9 Å². The number of amides is 3. The molecule has 0 spiro atoms. The fraction of sp³-hybridized carbons (Fsp3) is 0.263. The summed E-state index contributed by atoms with van der Waals surface area (Å²) in [4.78, 5) is 42.2. The van der Waals surface area contributed by atoms with E-state index < -0.39 is 0 Å². The zero-order chi connectivity index (χ0) is 19.4. The first-order chi connectivity index (χ1) is 12.9. The van der Waals surface area contributed by atoms with Gasteiger partial charge in [-0.1, -0.05) is 6.07 Å². The summed E-state index contributed by atoms with van der Waals surface area (Å²) in [6.45, 7) is 3.39. The molecule has 8 nitrogen and oxygen atoms in total. The Balaban J connectivity index is 1.83. The highest BCUT2D eigenvalue weighted by Crippen LogP contribution is 2.33. The number of ether oxygens (including phenoxy) is 1. The maximum atomic E-state index is 12.5. The van der Waals surface area contributed by atoms with E-state index in [-0.39, 0.29) is 36.9 Å². The summed E-state index contributed by atoms with van der Waals surface area (Å²) in [7, 11) is 0. The molecule has 0 aliphatic carbocycles. The van der Waals surface area contributed by atoms with Gasteiger partial charge in [-0.05, 0) is 44.2 Å². The summed E-state index contributed by atoms with van der Waals surface area (Å²) in [6.07, 6.45) is 1.57. The van der Waals surface area contributed by atoms with Crippen LogP contribution in [0.25, 0.3) is 0 Å². The minimum Gasteiger partial charge on any atom is -0.482 e. The predicted octanol–water partition coefficient (Wildman–Crippen LogP) is 1.58. The van der Waals surface area contributed by atoms with Crippen molar-refractivity contribution in [1.82, 2.24) is 10.3 Å². The molecule has 2 N–H and O–H groups in total. The van der Waals surface area contributed by atoms with Crippen molar-refractivity contribution in [2.75, 3.05) is 23.4 Å². The summed E-state index contributed by atoms with van der Waals surface area (Å²) in [5.41, 5.74) is 0.714. The molecule has 0 unspecified atom stereocenters. The Labute approximate surface area is 156 Å². The minimum atomic E-state index is -0.374. The molecule has 0 saturated heterocycles. The summed E-state index contributed by atoms with van der Waals surface area (Å²) in [6, 6.07) is 9.89. The van der Waals surface area contributed by atoms with Crippen LogP contribution >= 0.6 is 0 Å². The van der Waals surface area contributed by atoms with Crippen LogP contribution < -0.4 is 20.3 Å². The van der Waals surface area contributed by atoms with Crippen molar-refractivity contribution in [3.8, 4) is 5.75 Å². The largest absolute Gasteiger partial charge is 0.482 e. The van der Waals surface area contributed by atoms with E-state index in [1.165, 1.54) is 11.0 Å². The second-order valence-corrected chi connectivity index (χ2v) is 6.34. The molecule has 0 fully saturated rings. The highest BCUT2D eigenvalue weighted by Gasteiger charge is 2.28. The van der Waals surface area contributed by atoms with Crippen molar-refractivity contribution >= 4 is 29.2 Å². The molecule has 0 atom stereocenters. The zero-order valence-electron chi connectivity index (χ0n) is 15.1. The number of fused-ring (bicyclic) bond motifs is 1. The molecule has 140 valence electrons. The van der Waals surface area contributed by atoms with Crippen LogP contribution in [0.2, 0.25) is 0 Å². The third-order valence-corrected chi connectivity index (χ3v) is 3.82. The van der Waals surface area contributed by atoms with Gasteiger partial charge in [-0.2, -0.15) is 0 Å². The third-order valence-electron chi connectivity index (χ3n) is 3.82. The molecule has 27 heavy (non-hydrogen) atoms. The molecule has 1 aromatic heterocycles. The van der Waals surface area contributed by atoms with E-state index in [0.29, 0.717) is 22.8 Å². The number of rotatable bonds is 5. The monoisotopic (exact) mass is 368 g/mol. The average Bonchev–Trinajstić information content (AvgIpc) is 2.64. The molecule has 2 aromatic rings.